The normalized spacial score (nSPS) is 16.8. The third kappa shape index (κ3) is 3.00. The highest BCUT2D eigenvalue weighted by Crippen LogP contribution is 2.34. The maximum atomic E-state index is 12.4. The second-order valence-electron chi connectivity index (χ2n) is 6.17. The number of Topliss-reactive ketones (excluding diaryl/α,β-unsaturated/α-hetero) is 1. The highest BCUT2D eigenvalue weighted by atomic mass is 35.5. The SMILES string of the molecule is COc1c(C)cnc(CN2c3nc(N)nc(Cl)c3CC(=O)[C@H]2C)c1C. The number of halogens is 1. The zero-order chi connectivity index (χ0) is 18.3. The Balaban J connectivity index is 2.08. The van der Waals surface area contributed by atoms with Crippen molar-refractivity contribution >= 4 is 29.2 Å². The van der Waals surface area contributed by atoms with Gasteiger partial charge in [-0.3, -0.25) is 9.78 Å². The molecule has 0 aliphatic carbocycles. The molecule has 0 bridgehead atoms. The van der Waals surface area contributed by atoms with Crippen molar-refractivity contribution in [1.82, 2.24) is 15.0 Å². The van der Waals surface area contributed by atoms with Crippen molar-refractivity contribution in [2.24, 2.45) is 0 Å². The van der Waals surface area contributed by atoms with Crippen molar-refractivity contribution in [3.05, 3.63) is 33.7 Å². The van der Waals surface area contributed by atoms with Crippen molar-refractivity contribution < 1.29 is 9.53 Å². The smallest absolute Gasteiger partial charge is 0.223 e. The summed E-state index contributed by atoms with van der Waals surface area (Å²) in [5.41, 5.74) is 9.07. The molecule has 0 unspecified atom stereocenters. The van der Waals surface area contributed by atoms with E-state index in [1.54, 1.807) is 13.3 Å². The van der Waals surface area contributed by atoms with Gasteiger partial charge in [0.2, 0.25) is 5.95 Å². The molecule has 0 saturated carbocycles. The molecule has 0 aromatic carbocycles. The Morgan fingerprint density at radius 1 is 1.40 bits per heavy atom. The van der Waals surface area contributed by atoms with E-state index >= 15 is 0 Å². The number of nitrogens with two attached hydrogens (primary N) is 1. The van der Waals surface area contributed by atoms with Crippen LogP contribution in [-0.4, -0.2) is 33.9 Å². The number of anilines is 2. The average molecular weight is 362 g/mol. The van der Waals surface area contributed by atoms with Crippen LogP contribution >= 0.6 is 11.6 Å². The Bertz CT molecular complexity index is 855. The number of pyridine rings is 1. The molecule has 0 saturated heterocycles. The number of rotatable bonds is 3. The molecule has 132 valence electrons. The van der Waals surface area contributed by atoms with Gasteiger partial charge in [-0.15, -0.1) is 0 Å². The molecule has 2 N–H and O–H groups in total. The number of aromatic nitrogens is 3. The molecule has 0 radical (unpaired) electrons. The first kappa shape index (κ1) is 17.4. The van der Waals surface area contributed by atoms with E-state index in [9.17, 15) is 4.79 Å². The molecule has 25 heavy (non-hydrogen) atoms. The van der Waals surface area contributed by atoms with Gasteiger partial charge in [-0.1, -0.05) is 11.6 Å². The van der Waals surface area contributed by atoms with Gasteiger partial charge in [-0.05, 0) is 20.8 Å². The summed E-state index contributed by atoms with van der Waals surface area (Å²) in [5, 5.41) is 0.221. The molecule has 1 aliphatic heterocycles. The quantitative estimate of drug-likeness (QED) is 0.838. The molecular weight excluding hydrogens is 342 g/mol. The minimum atomic E-state index is -0.355. The second-order valence-corrected chi connectivity index (χ2v) is 6.53. The Hall–Kier alpha value is -2.41. The predicted molar refractivity (Wildman–Crippen MR) is 96.1 cm³/mol. The first-order valence-electron chi connectivity index (χ1n) is 7.93. The van der Waals surface area contributed by atoms with Gasteiger partial charge in [0.15, 0.2) is 5.78 Å². The van der Waals surface area contributed by atoms with Gasteiger partial charge in [0.05, 0.1) is 25.4 Å². The van der Waals surface area contributed by atoms with E-state index in [1.807, 2.05) is 25.7 Å². The second kappa shape index (κ2) is 6.48. The number of aryl methyl sites for hydroxylation is 1. The van der Waals surface area contributed by atoms with Crippen molar-refractivity contribution in [2.45, 2.75) is 39.8 Å². The number of nitrogens with zero attached hydrogens (tertiary/aromatic N) is 4. The maximum Gasteiger partial charge on any atom is 0.223 e. The number of ether oxygens (including phenoxy) is 1. The number of nitrogen functional groups attached to an aromatic ring is 1. The number of carbonyl (C=O) groups is 1. The highest BCUT2D eigenvalue weighted by Gasteiger charge is 2.33. The van der Waals surface area contributed by atoms with Crippen LogP contribution in [0.15, 0.2) is 6.20 Å². The standard InChI is InChI=1S/C17H20ClN5O2/c1-8-6-20-12(9(2)14(8)25-4)7-23-10(3)13(24)5-11-15(18)21-17(19)22-16(11)23/h6,10H,5,7H2,1-4H3,(H2,19,21,22)/t10-/m1/s1. The molecule has 2 aromatic heterocycles. The first-order chi connectivity index (χ1) is 11.8. The van der Waals surface area contributed by atoms with Crippen LogP contribution in [0.4, 0.5) is 11.8 Å². The first-order valence-corrected chi connectivity index (χ1v) is 8.31. The summed E-state index contributed by atoms with van der Waals surface area (Å²) in [6.07, 6.45) is 1.97. The van der Waals surface area contributed by atoms with Gasteiger partial charge >= 0.3 is 0 Å². The summed E-state index contributed by atoms with van der Waals surface area (Å²) >= 11 is 6.18. The molecular formula is C17H20ClN5O2. The summed E-state index contributed by atoms with van der Waals surface area (Å²) in [7, 11) is 1.63. The molecule has 1 atom stereocenters. The largest absolute Gasteiger partial charge is 0.496 e. The highest BCUT2D eigenvalue weighted by molar-refractivity contribution is 6.31. The van der Waals surface area contributed by atoms with Gasteiger partial charge in [0, 0.05) is 29.3 Å². The predicted octanol–water partition coefficient (Wildman–Crippen LogP) is 2.25. The van der Waals surface area contributed by atoms with E-state index in [0.717, 1.165) is 22.6 Å². The van der Waals surface area contributed by atoms with Gasteiger partial charge in [0.25, 0.3) is 0 Å². The summed E-state index contributed by atoms with van der Waals surface area (Å²) in [6, 6.07) is -0.355. The lowest BCUT2D eigenvalue weighted by Gasteiger charge is -2.35. The van der Waals surface area contributed by atoms with Gasteiger partial charge in [-0.25, -0.2) is 4.98 Å². The van der Waals surface area contributed by atoms with Crippen LogP contribution < -0.4 is 15.4 Å². The fourth-order valence-electron chi connectivity index (χ4n) is 3.13. The number of carbonyl (C=O) groups excluding carboxylic acids is 1. The zero-order valence-corrected chi connectivity index (χ0v) is 15.4. The van der Waals surface area contributed by atoms with E-state index in [1.165, 1.54) is 0 Å². The molecule has 0 spiro atoms. The van der Waals surface area contributed by atoms with Gasteiger partial charge in [0.1, 0.15) is 16.7 Å². The van der Waals surface area contributed by atoms with Gasteiger partial charge in [-0.2, -0.15) is 4.98 Å². The number of fused-ring (bicyclic) bond motifs is 1. The topological polar surface area (TPSA) is 94.2 Å². The van der Waals surface area contributed by atoms with Crippen LogP contribution in [0.25, 0.3) is 0 Å². The van der Waals surface area contributed by atoms with Crippen molar-refractivity contribution in [1.29, 1.82) is 0 Å². The summed E-state index contributed by atoms with van der Waals surface area (Å²) in [6.45, 7) is 6.14. The fourth-order valence-corrected chi connectivity index (χ4v) is 3.37. The van der Waals surface area contributed by atoms with E-state index < -0.39 is 0 Å². The van der Waals surface area contributed by atoms with E-state index in [-0.39, 0.29) is 29.3 Å². The minimum absolute atomic E-state index is 0.0551. The lowest BCUT2D eigenvalue weighted by Crippen LogP contribution is -2.44. The van der Waals surface area contributed by atoms with Gasteiger partial charge < -0.3 is 15.4 Å². The third-order valence-electron chi connectivity index (χ3n) is 4.58. The van der Waals surface area contributed by atoms with Crippen LogP contribution in [0.1, 0.15) is 29.3 Å². The van der Waals surface area contributed by atoms with Crippen molar-refractivity contribution in [3.63, 3.8) is 0 Å². The molecule has 2 aromatic rings. The van der Waals surface area contributed by atoms with Crippen molar-refractivity contribution in [3.8, 4) is 5.75 Å². The summed E-state index contributed by atoms with van der Waals surface area (Å²) in [5.74, 6) is 1.52. The minimum Gasteiger partial charge on any atom is -0.496 e. The molecule has 3 rings (SSSR count). The number of hydrogen-bond donors (Lipinski definition) is 1. The Labute approximate surface area is 151 Å². The third-order valence-corrected chi connectivity index (χ3v) is 4.89. The van der Waals surface area contributed by atoms with Crippen LogP contribution in [0.3, 0.4) is 0 Å². The Morgan fingerprint density at radius 2 is 2.12 bits per heavy atom. The molecule has 0 amide bonds. The summed E-state index contributed by atoms with van der Waals surface area (Å²) in [4.78, 5) is 27.1. The Morgan fingerprint density at radius 3 is 2.80 bits per heavy atom. The van der Waals surface area contributed by atoms with Crippen LogP contribution in [0.2, 0.25) is 5.15 Å². The number of hydrogen-bond acceptors (Lipinski definition) is 7. The zero-order valence-electron chi connectivity index (χ0n) is 14.6. The van der Waals surface area contributed by atoms with E-state index in [4.69, 9.17) is 22.1 Å². The molecule has 0 fully saturated rings. The van der Waals surface area contributed by atoms with Crippen LogP contribution in [0, 0.1) is 13.8 Å². The molecule has 1 aliphatic rings. The Kier molecular flexibility index (Phi) is 4.51. The lowest BCUT2D eigenvalue weighted by atomic mass is 9.98. The van der Waals surface area contributed by atoms with Crippen molar-refractivity contribution in [2.75, 3.05) is 17.7 Å². The molecule has 3 heterocycles. The van der Waals surface area contributed by atoms with E-state index in [0.29, 0.717) is 17.9 Å². The number of ketones is 1. The van der Waals surface area contributed by atoms with Crippen LogP contribution in [-0.2, 0) is 17.8 Å². The number of methoxy groups -OCH3 is 1. The van der Waals surface area contributed by atoms with E-state index in [2.05, 4.69) is 15.0 Å². The molecule has 7 nitrogen and oxygen atoms in total. The maximum absolute atomic E-state index is 12.4. The fraction of sp³-hybridized carbons (Fsp3) is 0.412. The summed E-state index contributed by atoms with van der Waals surface area (Å²) < 4.78 is 5.47. The average Bonchev–Trinajstić information content (AvgIpc) is 2.55. The lowest BCUT2D eigenvalue weighted by molar-refractivity contribution is -0.119. The van der Waals surface area contributed by atoms with Crippen LogP contribution in [0.5, 0.6) is 5.75 Å². The monoisotopic (exact) mass is 361 g/mol. The molecule has 8 heteroatoms.